The maximum absolute atomic E-state index is 6.30. The van der Waals surface area contributed by atoms with Crippen molar-refractivity contribution in [1.82, 2.24) is 10.4 Å². The Balaban J connectivity index is 1.64. The SMILES string of the molecule is CC(C)(C)[Si](C)(C)Oc1ccc(NC2=CN3NC=NC3N=C2)cc1. The number of hydrogen-bond acceptors (Lipinski definition) is 6. The Morgan fingerprint density at radius 3 is 2.54 bits per heavy atom. The van der Waals surface area contributed by atoms with E-state index in [4.69, 9.17) is 4.43 Å². The summed E-state index contributed by atoms with van der Waals surface area (Å²) in [6, 6.07) is 8.08. The summed E-state index contributed by atoms with van der Waals surface area (Å²) in [7, 11) is -1.80. The molecule has 0 bridgehead atoms. The molecule has 1 aromatic rings. The van der Waals surface area contributed by atoms with E-state index in [1.54, 1.807) is 12.6 Å². The minimum Gasteiger partial charge on any atom is -0.544 e. The Morgan fingerprint density at radius 2 is 1.88 bits per heavy atom. The molecule has 0 aliphatic carbocycles. The van der Waals surface area contributed by atoms with Gasteiger partial charge in [-0.3, -0.25) is 5.43 Å². The van der Waals surface area contributed by atoms with Crippen molar-refractivity contribution in [2.75, 3.05) is 5.32 Å². The summed E-state index contributed by atoms with van der Waals surface area (Å²) in [4.78, 5) is 8.52. The van der Waals surface area contributed by atoms with Crippen molar-refractivity contribution in [2.45, 2.75) is 45.2 Å². The van der Waals surface area contributed by atoms with Crippen molar-refractivity contribution in [3.05, 3.63) is 36.2 Å². The Labute approximate surface area is 144 Å². The number of aliphatic imine (C=N–C) groups is 2. The minimum absolute atomic E-state index is 0.184. The van der Waals surface area contributed by atoms with E-state index in [-0.39, 0.29) is 11.3 Å². The lowest BCUT2D eigenvalue weighted by Crippen LogP contribution is -2.43. The summed E-state index contributed by atoms with van der Waals surface area (Å²) in [5.74, 6) is 0.924. The molecule has 128 valence electrons. The van der Waals surface area contributed by atoms with Gasteiger partial charge in [0.25, 0.3) is 0 Å². The average molecular weight is 344 g/mol. The van der Waals surface area contributed by atoms with E-state index in [2.05, 4.69) is 54.6 Å². The van der Waals surface area contributed by atoms with Crippen LogP contribution in [0.1, 0.15) is 20.8 Å². The first-order valence-electron chi connectivity index (χ1n) is 8.12. The molecule has 0 fully saturated rings. The summed E-state index contributed by atoms with van der Waals surface area (Å²) in [6.45, 7) is 11.2. The molecule has 2 aliphatic heterocycles. The van der Waals surface area contributed by atoms with E-state index in [1.165, 1.54) is 0 Å². The van der Waals surface area contributed by atoms with Crippen LogP contribution in [0.25, 0.3) is 0 Å². The molecule has 24 heavy (non-hydrogen) atoms. The van der Waals surface area contributed by atoms with Crippen LogP contribution in [-0.2, 0) is 0 Å². The Kier molecular flexibility index (Phi) is 4.12. The lowest BCUT2D eigenvalue weighted by molar-refractivity contribution is 0.281. The second-order valence-electron chi connectivity index (χ2n) is 7.54. The molecule has 1 atom stereocenters. The molecule has 1 aromatic carbocycles. The first kappa shape index (κ1) is 16.6. The fraction of sp³-hybridized carbons (Fsp3) is 0.412. The Bertz CT molecular complexity index is 688. The van der Waals surface area contributed by atoms with Crippen LogP contribution in [0.15, 0.2) is 46.1 Å². The quantitative estimate of drug-likeness (QED) is 0.821. The highest BCUT2D eigenvalue weighted by Gasteiger charge is 2.38. The fourth-order valence-electron chi connectivity index (χ4n) is 2.13. The molecule has 0 saturated carbocycles. The molecule has 0 saturated heterocycles. The van der Waals surface area contributed by atoms with Crippen molar-refractivity contribution >= 4 is 26.6 Å². The van der Waals surface area contributed by atoms with E-state index < -0.39 is 8.32 Å². The molecule has 6 nitrogen and oxygen atoms in total. The molecule has 2 heterocycles. The average Bonchev–Trinajstić information content (AvgIpc) is 2.95. The maximum Gasteiger partial charge on any atom is 0.250 e. The highest BCUT2D eigenvalue weighted by atomic mass is 28.4. The first-order valence-corrected chi connectivity index (χ1v) is 11.0. The Morgan fingerprint density at radius 1 is 1.17 bits per heavy atom. The van der Waals surface area contributed by atoms with Gasteiger partial charge in [0, 0.05) is 5.69 Å². The topological polar surface area (TPSA) is 61.2 Å². The molecule has 7 heteroatoms. The second-order valence-corrected chi connectivity index (χ2v) is 12.3. The van der Waals surface area contributed by atoms with Gasteiger partial charge in [-0.2, -0.15) is 0 Å². The molecule has 1 unspecified atom stereocenters. The van der Waals surface area contributed by atoms with Crippen LogP contribution < -0.4 is 15.2 Å². The van der Waals surface area contributed by atoms with Crippen LogP contribution in [0.4, 0.5) is 5.69 Å². The molecular weight excluding hydrogens is 318 g/mol. The van der Waals surface area contributed by atoms with Gasteiger partial charge >= 0.3 is 0 Å². The number of hydrogen-bond donors (Lipinski definition) is 2. The largest absolute Gasteiger partial charge is 0.544 e. The molecule has 2 aliphatic rings. The number of fused-ring (bicyclic) bond motifs is 1. The smallest absolute Gasteiger partial charge is 0.250 e. The van der Waals surface area contributed by atoms with Gasteiger partial charge in [-0.15, -0.1) is 0 Å². The molecule has 2 N–H and O–H groups in total. The number of hydrazine groups is 1. The fourth-order valence-corrected chi connectivity index (χ4v) is 3.17. The number of nitrogens with one attached hydrogen (secondary N) is 2. The van der Waals surface area contributed by atoms with Gasteiger partial charge in [0.2, 0.25) is 14.6 Å². The van der Waals surface area contributed by atoms with Crippen LogP contribution in [0.2, 0.25) is 18.1 Å². The zero-order chi connectivity index (χ0) is 17.4. The summed E-state index contributed by atoms with van der Waals surface area (Å²) in [6.07, 6.45) is 5.21. The highest BCUT2D eigenvalue weighted by Crippen LogP contribution is 2.37. The number of allylic oxidation sites excluding steroid dienone is 1. The third kappa shape index (κ3) is 3.45. The molecule has 0 spiro atoms. The van der Waals surface area contributed by atoms with Crippen molar-refractivity contribution in [3.8, 4) is 5.75 Å². The van der Waals surface area contributed by atoms with Crippen molar-refractivity contribution in [3.63, 3.8) is 0 Å². The van der Waals surface area contributed by atoms with Crippen molar-refractivity contribution < 1.29 is 4.43 Å². The van der Waals surface area contributed by atoms with Crippen LogP contribution in [0, 0.1) is 0 Å². The van der Waals surface area contributed by atoms with Gasteiger partial charge < -0.3 is 9.74 Å². The zero-order valence-electron chi connectivity index (χ0n) is 14.9. The molecular formula is C17H25N5OSi. The van der Waals surface area contributed by atoms with Crippen molar-refractivity contribution in [2.24, 2.45) is 9.98 Å². The lowest BCUT2D eigenvalue weighted by Gasteiger charge is -2.36. The summed E-state index contributed by atoms with van der Waals surface area (Å²) >= 11 is 0. The van der Waals surface area contributed by atoms with Crippen molar-refractivity contribution in [1.29, 1.82) is 0 Å². The minimum atomic E-state index is -1.80. The maximum atomic E-state index is 6.30. The summed E-state index contributed by atoms with van der Waals surface area (Å²) in [5, 5.41) is 5.38. The van der Waals surface area contributed by atoms with E-state index >= 15 is 0 Å². The van der Waals surface area contributed by atoms with Crippen LogP contribution in [0.5, 0.6) is 5.75 Å². The lowest BCUT2D eigenvalue weighted by atomic mass is 10.2. The monoisotopic (exact) mass is 343 g/mol. The van der Waals surface area contributed by atoms with Crippen LogP contribution in [-0.4, -0.2) is 32.2 Å². The van der Waals surface area contributed by atoms with E-state index in [9.17, 15) is 0 Å². The van der Waals surface area contributed by atoms with Gasteiger partial charge in [0.1, 0.15) is 12.1 Å². The van der Waals surface area contributed by atoms with Gasteiger partial charge in [-0.1, -0.05) is 20.8 Å². The van der Waals surface area contributed by atoms with Gasteiger partial charge in [-0.05, 0) is 42.4 Å². The molecule has 0 aromatic heterocycles. The highest BCUT2D eigenvalue weighted by molar-refractivity contribution is 6.74. The number of benzene rings is 1. The normalized spacial score (nSPS) is 19.6. The third-order valence-corrected chi connectivity index (χ3v) is 8.97. The number of anilines is 1. The zero-order valence-corrected chi connectivity index (χ0v) is 15.9. The van der Waals surface area contributed by atoms with Gasteiger partial charge in [0.05, 0.1) is 18.1 Å². The van der Waals surface area contributed by atoms with E-state index in [0.29, 0.717) is 0 Å². The Hall–Kier alpha value is -2.28. The predicted molar refractivity (Wildman–Crippen MR) is 102 cm³/mol. The molecule has 0 amide bonds. The molecule has 3 rings (SSSR count). The predicted octanol–water partition coefficient (Wildman–Crippen LogP) is 3.54. The van der Waals surface area contributed by atoms with Gasteiger partial charge in [0.15, 0.2) is 0 Å². The summed E-state index contributed by atoms with van der Waals surface area (Å²) < 4.78 is 6.30. The van der Waals surface area contributed by atoms with E-state index in [1.807, 2.05) is 35.5 Å². The number of rotatable bonds is 4. The summed E-state index contributed by atoms with van der Waals surface area (Å²) in [5.41, 5.74) is 4.92. The number of nitrogens with zero attached hydrogens (tertiary/aromatic N) is 3. The molecule has 0 radical (unpaired) electrons. The first-order chi connectivity index (χ1) is 11.2. The second kappa shape index (κ2) is 5.97. The van der Waals surface area contributed by atoms with Crippen LogP contribution in [0.3, 0.4) is 0 Å². The van der Waals surface area contributed by atoms with Gasteiger partial charge in [-0.25, -0.2) is 15.0 Å². The van der Waals surface area contributed by atoms with E-state index in [0.717, 1.165) is 17.1 Å². The van der Waals surface area contributed by atoms with Crippen LogP contribution >= 0.6 is 0 Å². The third-order valence-electron chi connectivity index (χ3n) is 4.61. The standard InChI is InChI=1S/C17H25N5OSi/c1-17(2,3)24(4,5)23-15-8-6-13(7-9-15)21-14-10-18-16-19-12-20-22(16)11-14/h6-12,16,21H,1-5H3,(H,19,20).